The highest BCUT2D eigenvalue weighted by Crippen LogP contribution is 2.50. The lowest BCUT2D eigenvalue weighted by Crippen LogP contribution is -2.50. The Balaban J connectivity index is 1.27. The summed E-state index contributed by atoms with van der Waals surface area (Å²) in [5, 5.41) is 2.94. The van der Waals surface area contributed by atoms with E-state index in [0.717, 1.165) is 35.1 Å². The summed E-state index contributed by atoms with van der Waals surface area (Å²) < 4.78 is 24.8. The third kappa shape index (κ3) is 8.14. The molecule has 3 unspecified atom stereocenters. The van der Waals surface area contributed by atoms with Crippen LogP contribution in [0.25, 0.3) is 11.1 Å². The number of aromatic amines is 1. The first-order valence-electron chi connectivity index (χ1n) is 17.6. The van der Waals surface area contributed by atoms with E-state index < -0.39 is 11.4 Å². The van der Waals surface area contributed by atoms with Crippen LogP contribution in [0.4, 0.5) is 10.6 Å². The van der Waals surface area contributed by atoms with E-state index in [0.29, 0.717) is 54.1 Å². The molecule has 5 heterocycles. The standard InChI is InChI=1S/C38H49N5O7S/c1-22-15-31(51-8)29(35(45)41-22)19-40-34(44)26-16-28(25-9-10-32(39-18-25)43-20-23(2)47-24(3)21-43)33-30(17-26)48-38(7,49-33)27-11-13-42(14-12-27)36(46)50-37(4,5)6/h9-10,15-18,23-24,27H,11-14,19-21H2,1-8H3,(H,40,44)(H,41,45). The molecule has 3 aromatic rings. The van der Waals surface area contributed by atoms with Crippen molar-refractivity contribution in [2.75, 3.05) is 37.3 Å². The van der Waals surface area contributed by atoms with Crippen molar-refractivity contribution in [3.8, 4) is 22.6 Å². The number of aryl methyl sites for hydroxylation is 1. The molecule has 274 valence electrons. The van der Waals surface area contributed by atoms with Gasteiger partial charge >= 0.3 is 6.09 Å². The summed E-state index contributed by atoms with van der Waals surface area (Å²) in [6, 6.07) is 9.36. The summed E-state index contributed by atoms with van der Waals surface area (Å²) in [6.07, 6.45) is 4.87. The normalized spacial score (nSPS) is 22.2. The Morgan fingerprint density at radius 2 is 1.80 bits per heavy atom. The van der Waals surface area contributed by atoms with E-state index in [9.17, 15) is 14.4 Å². The highest BCUT2D eigenvalue weighted by atomic mass is 32.2. The lowest BCUT2D eigenvalue weighted by atomic mass is 9.89. The number of likely N-dealkylation sites (tertiary alicyclic amines) is 1. The van der Waals surface area contributed by atoms with Crippen LogP contribution in [0.5, 0.6) is 11.5 Å². The molecule has 6 rings (SSSR count). The van der Waals surface area contributed by atoms with Crippen molar-refractivity contribution in [2.45, 2.75) is 96.3 Å². The average molecular weight is 720 g/mol. The molecule has 2 aromatic heterocycles. The lowest BCUT2D eigenvalue weighted by molar-refractivity contribution is -0.124. The number of hydrogen-bond acceptors (Lipinski definition) is 10. The summed E-state index contributed by atoms with van der Waals surface area (Å²) in [4.78, 5) is 51.7. The largest absolute Gasteiger partial charge is 0.448 e. The number of aromatic nitrogens is 2. The van der Waals surface area contributed by atoms with Gasteiger partial charge in [-0.25, -0.2) is 9.78 Å². The zero-order chi connectivity index (χ0) is 36.7. The number of rotatable bonds is 7. The van der Waals surface area contributed by atoms with E-state index in [-0.39, 0.29) is 42.2 Å². The predicted octanol–water partition coefficient (Wildman–Crippen LogP) is 6.15. The maximum Gasteiger partial charge on any atom is 0.410 e. The number of nitrogens with one attached hydrogen (secondary N) is 2. The zero-order valence-corrected chi connectivity index (χ0v) is 31.6. The van der Waals surface area contributed by atoms with Gasteiger partial charge in [0.05, 0.1) is 12.2 Å². The number of carbonyl (C=O) groups is 2. The summed E-state index contributed by atoms with van der Waals surface area (Å²) in [5.74, 6) is 0.423. The summed E-state index contributed by atoms with van der Waals surface area (Å²) in [5.41, 5.74) is 2.27. The quantitative estimate of drug-likeness (QED) is 0.274. The number of pyridine rings is 2. The minimum Gasteiger partial charge on any atom is -0.448 e. The Morgan fingerprint density at radius 1 is 1.10 bits per heavy atom. The first kappa shape index (κ1) is 36.6. The molecule has 3 aliphatic rings. The second kappa shape index (κ2) is 14.4. The van der Waals surface area contributed by atoms with Crippen molar-refractivity contribution in [1.29, 1.82) is 0 Å². The monoisotopic (exact) mass is 719 g/mol. The lowest BCUT2D eigenvalue weighted by Gasteiger charge is -2.39. The first-order chi connectivity index (χ1) is 24.1. The van der Waals surface area contributed by atoms with Gasteiger partial charge in [0.2, 0.25) is 0 Å². The fraction of sp³-hybridized carbons (Fsp3) is 0.526. The zero-order valence-electron chi connectivity index (χ0n) is 30.8. The van der Waals surface area contributed by atoms with Gasteiger partial charge in [-0.15, -0.1) is 11.8 Å². The number of nitrogens with zero attached hydrogens (tertiary/aromatic N) is 3. The SMILES string of the molecule is CSc1cc(C)[nH]c(=O)c1CNC(=O)c1cc2c(c(-c3ccc(N4CC(C)OC(C)C4)nc3)c1)OC(C)(C1CCN(C(=O)OC(C)(C)C)CC1)O2. The van der Waals surface area contributed by atoms with Crippen LogP contribution in [0.2, 0.25) is 0 Å². The number of H-pyrrole nitrogens is 1. The van der Waals surface area contributed by atoms with Gasteiger partial charge in [0.15, 0.2) is 11.5 Å². The third-order valence-corrected chi connectivity index (χ3v) is 10.3. The number of amides is 2. The number of morpholine rings is 1. The molecule has 0 spiro atoms. The van der Waals surface area contributed by atoms with Crippen molar-refractivity contribution in [2.24, 2.45) is 5.92 Å². The van der Waals surface area contributed by atoms with E-state index in [2.05, 4.69) is 29.0 Å². The number of anilines is 1. The molecule has 3 atom stereocenters. The maximum atomic E-state index is 13.8. The van der Waals surface area contributed by atoms with Gasteiger partial charge in [-0.3, -0.25) is 9.59 Å². The molecule has 12 nitrogen and oxygen atoms in total. The molecule has 0 aliphatic carbocycles. The molecule has 2 amide bonds. The number of carbonyl (C=O) groups excluding carboxylic acids is 2. The molecule has 2 fully saturated rings. The Bertz CT molecular complexity index is 1820. The van der Waals surface area contributed by atoms with Crippen LogP contribution in [0.15, 0.2) is 46.2 Å². The van der Waals surface area contributed by atoms with Crippen LogP contribution in [0.1, 0.15) is 76.0 Å². The molecular formula is C38H49N5O7S. The topological polar surface area (TPSA) is 135 Å². The fourth-order valence-electron chi connectivity index (χ4n) is 7.05. The number of ether oxygens (including phenoxy) is 4. The molecule has 13 heteroatoms. The van der Waals surface area contributed by atoms with Crippen molar-refractivity contribution in [3.05, 3.63) is 63.7 Å². The van der Waals surface area contributed by atoms with Gasteiger partial charge in [0.25, 0.3) is 17.3 Å². The smallest absolute Gasteiger partial charge is 0.410 e. The Labute approximate surface area is 303 Å². The number of benzene rings is 1. The number of hydrogen-bond donors (Lipinski definition) is 2. The van der Waals surface area contributed by atoms with Gasteiger partial charge in [-0.1, -0.05) is 0 Å². The van der Waals surface area contributed by atoms with Crippen LogP contribution in [-0.4, -0.2) is 82.9 Å². The number of thioether (sulfide) groups is 1. The molecule has 3 aliphatic heterocycles. The van der Waals surface area contributed by atoms with Gasteiger partial charge in [0, 0.05) is 84.6 Å². The van der Waals surface area contributed by atoms with Crippen LogP contribution >= 0.6 is 11.8 Å². The summed E-state index contributed by atoms with van der Waals surface area (Å²) in [7, 11) is 0. The summed E-state index contributed by atoms with van der Waals surface area (Å²) in [6.45, 7) is 16.0. The molecular weight excluding hydrogens is 671 g/mol. The van der Waals surface area contributed by atoms with Gasteiger partial charge < -0.3 is 39.0 Å². The molecule has 2 saturated heterocycles. The van der Waals surface area contributed by atoms with Crippen molar-refractivity contribution in [1.82, 2.24) is 20.2 Å². The highest BCUT2D eigenvalue weighted by molar-refractivity contribution is 7.98. The minimum atomic E-state index is -1.03. The minimum absolute atomic E-state index is 0.0299. The number of fused-ring (bicyclic) bond motifs is 1. The van der Waals surface area contributed by atoms with E-state index in [1.807, 2.05) is 59.1 Å². The molecule has 2 N–H and O–H groups in total. The first-order valence-corrected chi connectivity index (χ1v) is 18.8. The second-order valence-corrected chi connectivity index (χ2v) is 15.7. The third-order valence-electron chi connectivity index (χ3n) is 9.50. The fourth-order valence-corrected chi connectivity index (χ4v) is 7.76. The van der Waals surface area contributed by atoms with E-state index in [1.54, 1.807) is 23.2 Å². The molecule has 51 heavy (non-hydrogen) atoms. The molecule has 1 aromatic carbocycles. The van der Waals surface area contributed by atoms with E-state index in [4.69, 9.17) is 23.9 Å². The summed E-state index contributed by atoms with van der Waals surface area (Å²) >= 11 is 1.46. The Hall–Kier alpha value is -4.23. The van der Waals surface area contributed by atoms with Gasteiger partial charge in [-0.05, 0) is 91.0 Å². The second-order valence-electron chi connectivity index (χ2n) is 14.9. The Morgan fingerprint density at radius 3 is 2.43 bits per heavy atom. The van der Waals surface area contributed by atoms with Crippen LogP contribution in [0.3, 0.4) is 0 Å². The van der Waals surface area contributed by atoms with Gasteiger partial charge in [0.1, 0.15) is 11.4 Å². The highest BCUT2D eigenvalue weighted by Gasteiger charge is 2.47. The van der Waals surface area contributed by atoms with E-state index in [1.165, 1.54) is 11.8 Å². The average Bonchev–Trinajstić information content (AvgIpc) is 3.43. The van der Waals surface area contributed by atoms with Gasteiger partial charge in [-0.2, -0.15) is 0 Å². The van der Waals surface area contributed by atoms with Crippen molar-refractivity contribution >= 4 is 29.6 Å². The number of piperidine rings is 1. The van der Waals surface area contributed by atoms with Crippen molar-refractivity contribution < 1.29 is 28.5 Å². The maximum absolute atomic E-state index is 13.8. The van der Waals surface area contributed by atoms with E-state index >= 15 is 0 Å². The molecule has 0 saturated carbocycles. The van der Waals surface area contributed by atoms with Crippen LogP contribution in [-0.2, 0) is 16.0 Å². The van der Waals surface area contributed by atoms with Crippen LogP contribution in [0, 0.1) is 12.8 Å². The molecule has 0 radical (unpaired) electrons. The predicted molar refractivity (Wildman–Crippen MR) is 197 cm³/mol. The molecule has 0 bridgehead atoms. The Kier molecular flexibility index (Phi) is 10.3. The van der Waals surface area contributed by atoms with Crippen molar-refractivity contribution in [3.63, 3.8) is 0 Å². The van der Waals surface area contributed by atoms with Crippen LogP contribution < -0.4 is 25.2 Å².